The molecule has 2 N–H and O–H groups in total. The number of halogens is 1. The van der Waals surface area contributed by atoms with Gasteiger partial charge >= 0.3 is 0 Å². The van der Waals surface area contributed by atoms with Gasteiger partial charge in [-0.05, 0) is 28.1 Å². The first-order valence-electron chi connectivity index (χ1n) is 4.88. The van der Waals surface area contributed by atoms with E-state index in [2.05, 4.69) is 26.6 Å². The van der Waals surface area contributed by atoms with E-state index in [1.54, 1.807) is 13.1 Å². The molecule has 4 nitrogen and oxygen atoms in total. The maximum Gasteiger partial charge on any atom is 0.224 e. The van der Waals surface area contributed by atoms with Gasteiger partial charge in [0.2, 0.25) is 11.8 Å². The number of para-hydroxylation sites is 1. The number of carbonyl (C=O) groups excluding carboxylic acids is 2. The molecule has 1 aromatic carbocycles. The van der Waals surface area contributed by atoms with E-state index in [0.29, 0.717) is 5.69 Å². The Hall–Kier alpha value is -1.36. The van der Waals surface area contributed by atoms with E-state index in [1.165, 1.54) is 0 Å². The number of hydrogen-bond donors (Lipinski definition) is 2. The van der Waals surface area contributed by atoms with Crippen LogP contribution in [0.25, 0.3) is 0 Å². The fourth-order valence-electron chi connectivity index (χ4n) is 1.13. The van der Waals surface area contributed by atoms with Crippen molar-refractivity contribution in [1.29, 1.82) is 0 Å². The molecule has 0 radical (unpaired) electrons. The second-order valence-electron chi connectivity index (χ2n) is 3.20. The van der Waals surface area contributed by atoms with Crippen molar-refractivity contribution in [3.05, 3.63) is 28.7 Å². The molecule has 0 atom stereocenters. The van der Waals surface area contributed by atoms with Gasteiger partial charge in [-0.2, -0.15) is 0 Å². The zero-order valence-corrected chi connectivity index (χ0v) is 10.5. The molecule has 0 aromatic heterocycles. The Morgan fingerprint density at radius 3 is 2.44 bits per heavy atom. The summed E-state index contributed by atoms with van der Waals surface area (Å²) in [5, 5.41) is 5.19. The average Bonchev–Trinajstić information content (AvgIpc) is 2.29. The molecular weight excluding hydrogens is 272 g/mol. The third-order valence-corrected chi connectivity index (χ3v) is 2.70. The van der Waals surface area contributed by atoms with Crippen LogP contribution in [0.4, 0.5) is 5.69 Å². The maximum absolute atomic E-state index is 11.5. The van der Waals surface area contributed by atoms with Crippen molar-refractivity contribution in [2.75, 3.05) is 12.4 Å². The van der Waals surface area contributed by atoms with E-state index in [9.17, 15) is 9.59 Å². The number of nitrogens with one attached hydrogen (secondary N) is 2. The highest BCUT2D eigenvalue weighted by atomic mass is 79.9. The molecule has 1 aromatic rings. The van der Waals surface area contributed by atoms with E-state index in [1.807, 2.05) is 18.2 Å². The second kappa shape index (κ2) is 6.27. The van der Waals surface area contributed by atoms with Gasteiger partial charge < -0.3 is 10.6 Å². The van der Waals surface area contributed by atoms with Crippen LogP contribution in [0.3, 0.4) is 0 Å². The van der Waals surface area contributed by atoms with Gasteiger partial charge in [-0.15, -0.1) is 0 Å². The molecule has 0 saturated heterocycles. The predicted octanol–water partition coefficient (Wildman–Crippen LogP) is 1.91. The first-order chi connectivity index (χ1) is 7.63. The van der Waals surface area contributed by atoms with Gasteiger partial charge in [-0.1, -0.05) is 12.1 Å². The van der Waals surface area contributed by atoms with Crippen LogP contribution >= 0.6 is 15.9 Å². The smallest absolute Gasteiger partial charge is 0.224 e. The number of anilines is 1. The molecule has 0 saturated carbocycles. The van der Waals surface area contributed by atoms with E-state index >= 15 is 0 Å². The van der Waals surface area contributed by atoms with Gasteiger partial charge in [0.05, 0.1) is 5.69 Å². The molecule has 0 fully saturated rings. The lowest BCUT2D eigenvalue weighted by atomic mass is 10.2. The van der Waals surface area contributed by atoms with Crippen molar-refractivity contribution < 1.29 is 9.59 Å². The Morgan fingerprint density at radius 2 is 1.81 bits per heavy atom. The molecular formula is C11H13BrN2O2. The van der Waals surface area contributed by atoms with Gasteiger partial charge in [-0.3, -0.25) is 9.59 Å². The van der Waals surface area contributed by atoms with Gasteiger partial charge in [0.15, 0.2) is 0 Å². The highest BCUT2D eigenvalue weighted by Gasteiger charge is 2.07. The van der Waals surface area contributed by atoms with Crippen molar-refractivity contribution in [3.8, 4) is 0 Å². The molecule has 0 heterocycles. The number of rotatable bonds is 4. The zero-order chi connectivity index (χ0) is 12.0. The SMILES string of the molecule is CNC(=O)CCC(=O)Nc1ccccc1Br. The Morgan fingerprint density at radius 1 is 1.19 bits per heavy atom. The number of hydrogen-bond acceptors (Lipinski definition) is 2. The van der Waals surface area contributed by atoms with Crippen LogP contribution in [0.5, 0.6) is 0 Å². The summed E-state index contributed by atoms with van der Waals surface area (Å²) < 4.78 is 0.822. The van der Waals surface area contributed by atoms with Crippen LogP contribution < -0.4 is 10.6 Å². The highest BCUT2D eigenvalue weighted by molar-refractivity contribution is 9.10. The van der Waals surface area contributed by atoms with Gasteiger partial charge in [-0.25, -0.2) is 0 Å². The molecule has 1 rings (SSSR count). The second-order valence-corrected chi connectivity index (χ2v) is 4.06. The normalized spacial score (nSPS) is 9.62. The first kappa shape index (κ1) is 12.7. The molecule has 0 aliphatic carbocycles. The van der Waals surface area contributed by atoms with Crippen molar-refractivity contribution in [2.24, 2.45) is 0 Å². The summed E-state index contributed by atoms with van der Waals surface area (Å²) in [7, 11) is 1.55. The molecule has 0 bridgehead atoms. The topological polar surface area (TPSA) is 58.2 Å². The van der Waals surface area contributed by atoms with Crippen molar-refractivity contribution >= 4 is 33.4 Å². The summed E-state index contributed by atoms with van der Waals surface area (Å²) >= 11 is 3.32. The fraction of sp³-hybridized carbons (Fsp3) is 0.273. The summed E-state index contributed by atoms with van der Waals surface area (Å²) in [5.41, 5.74) is 0.712. The molecule has 0 spiro atoms. The average molecular weight is 285 g/mol. The molecule has 5 heteroatoms. The maximum atomic E-state index is 11.5. The minimum atomic E-state index is -0.171. The van der Waals surface area contributed by atoms with E-state index in [0.717, 1.165) is 4.47 Å². The lowest BCUT2D eigenvalue weighted by molar-refractivity contribution is -0.124. The molecule has 2 amide bonds. The fourth-order valence-corrected chi connectivity index (χ4v) is 1.51. The number of carbonyl (C=O) groups is 2. The number of benzene rings is 1. The molecule has 16 heavy (non-hydrogen) atoms. The van der Waals surface area contributed by atoms with Gasteiger partial charge in [0.25, 0.3) is 0 Å². The van der Waals surface area contributed by atoms with E-state index in [4.69, 9.17) is 0 Å². The summed E-state index contributed by atoms with van der Waals surface area (Å²) in [4.78, 5) is 22.4. The third-order valence-electron chi connectivity index (χ3n) is 2.01. The van der Waals surface area contributed by atoms with Crippen LogP contribution in [0.1, 0.15) is 12.8 Å². The van der Waals surface area contributed by atoms with Crippen LogP contribution in [-0.4, -0.2) is 18.9 Å². The lowest BCUT2D eigenvalue weighted by Gasteiger charge is -2.06. The zero-order valence-electron chi connectivity index (χ0n) is 8.92. The van der Waals surface area contributed by atoms with Crippen LogP contribution in [0.2, 0.25) is 0 Å². The van der Waals surface area contributed by atoms with Gasteiger partial charge in [0, 0.05) is 24.4 Å². The number of amides is 2. The predicted molar refractivity (Wildman–Crippen MR) is 66.1 cm³/mol. The van der Waals surface area contributed by atoms with Crippen LogP contribution in [0.15, 0.2) is 28.7 Å². The highest BCUT2D eigenvalue weighted by Crippen LogP contribution is 2.21. The summed E-state index contributed by atoms with van der Waals surface area (Å²) in [5.74, 6) is -0.308. The molecule has 0 aliphatic rings. The Labute approximate surface area is 103 Å². The van der Waals surface area contributed by atoms with Crippen LogP contribution in [-0.2, 0) is 9.59 Å². The Kier molecular flexibility index (Phi) is 4.98. The summed E-state index contributed by atoms with van der Waals surface area (Å²) in [6, 6.07) is 7.33. The standard InChI is InChI=1S/C11H13BrN2O2/c1-13-10(15)6-7-11(16)14-9-5-3-2-4-8(9)12/h2-5H,6-7H2,1H3,(H,13,15)(H,14,16). The monoisotopic (exact) mass is 284 g/mol. The van der Waals surface area contributed by atoms with Crippen molar-refractivity contribution in [1.82, 2.24) is 5.32 Å². The largest absolute Gasteiger partial charge is 0.359 e. The molecule has 0 unspecified atom stereocenters. The Bertz CT molecular complexity index is 393. The summed E-state index contributed by atoms with van der Waals surface area (Å²) in [6.07, 6.45) is 0.383. The van der Waals surface area contributed by atoms with Crippen molar-refractivity contribution in [2.45, 2.75) is 12.8 Å². The summed E-state index contributed by atoms with van der Waals surface area (Å²) in [6.45, 7) is 0. The van der Waals surface area contributed by atoms with E-state index < -0.39 is 0 Å². The van der Waals surface area contributed by atoms with Crippen LogP contribution in [0, 0.1) is 0 Å². The third kappa shape index (κ3) is 4.02. The van der Waals surface area contributed by atoms with Gasteiger partial charge in [0.1, 0.15) is 0 Å². The van der Waals surface area contributed by atoms with E-state index in [-0.39, 0.29) is 24.7 Å². The molecule has 86 valence electrons. The molecule has 0 aliphatic heterocycles. The Balaban J connectivity index is 2.46. The minimum absolute atomic E-state index is 0.137. The van der Waals surface area contributed by atoms with Crippen molar-refractivity contribution in [3.63, 3.8) is 0 Å². The quantitative estimate of drug-likeness (QED) is 0.888. The first-order valence-corrected chi connectivity index (χ1v) is 5.67. The lowest BCUT2D eigenvalue weighted by Crippen LogP contribution is -2.20. The minimum Gasteiger partial charge on any atom is -0.359 e.